The topological polar surface area (TPSA) is 101 Å². The highest BCUT2D eigenvalue weighted by atomic mass is 16.3. The Hall–Kier alpha value is -4.11. The standard InChI is InChI=1S/C34H42N6O3/c1-22-30(5-4-6-31(22)41)34(43)37-26-19-28-12-13-29(20-26)40(28)32-14-9-25(21-35-32)33(42)36-23(2)24-7-10-27(11-8-24)39-17-15-38(3)16-18-39/h4-11,14,21,23,26,28-29,41H,12-13,15-20H2,1-3H3,(H,36,42)(H,37,43)/t23-,26?,28?,29?/m0/s1. The number of carbonyl (C=O) groups is 2. The molecule has 3 atom stereocenters. The summed E-state index contributed by atoms with van der Waals surface area (Å²) in [5.74, 6) is 0.738. The maximum Gasteiger partial charge on any atom is 0.253 e. The van der Waals surface area contributed by atoms with Gasteiger partial charge < -0.3 is 30.4 Å². The minimum atomic E-state index is -0.139. The third-order valence-corrected chi connectivity index (χ3v) is 9.50. The zero-order valence-electron chi connectivity index (χ0n) is 25.3. The van der Waals surface area contributed by atoms with Crippen LogP contribution in [0.25, 0.3) is 0 Å². The average molecular weight is 583 g/mol. The van der Waals surface area contributed by atoms with E-state index >= 15 is 0 Å². The smallest absolute Gasteiger partial charge is 0.253 e. The number of anilines is 2. The zero-order valence-corrected chi connectivity index (χ0v) is 25.3. The number of phenols is 1. The van der Waals surface area contributed by atoms with Crippen LogP contribution in [0.5, 0.6) is 5.75 Å². The predicted octanol–water partition coefficient (Wildman–Crippen LogP) is 4.27. The summed E-state index contributed by atoms with van der Waals surface area (Å²) in [6.07, 6.45) is 5.46. The van der Waals surface area contributed by atoms with E-state index in [0.717, 1.165) is 63.2 Å². The molecule has 3 fully saturated rings. The van der Waals surface area contributed by atoms with Crippen molar-refractivity contribution in [1.82, 2.24) is 20.5 Å². The van der Waals surface area contributed by atoms with Crippen LogP contribution in [0.4, 0.5) is 11.5 Å². The molecular formula is C34H42N6O3. The number of nitrogens with one attached hydrogen (secondary N) is 2. The van der Waals surface area contributed by atoms with Gasteiger partial charge in [-0.15, -0.1) is 0 Å². The van der Waals surface area contributed by atoms with Gasteiger partial charge in [0.1, 0.15) is 11.6 Å². The molecule has 3 aromatic rings. The maximum atomic E-state index is 13.1. The zero-order chi connectivity index (χ0) is 30.1. The van der Waals surface area contributed by atoms with Crippen LogP contribution in [0.1, 0.15) is 70.5 Å². The summed E-state index contributed by atoms with van der Waals surface area (Å²) in [5.41, 5.74) is 3.95. The van der Waals surface area contributed by atoms with Crippen molar-refractivity contribution >= 4 is 23.3 Å². The molecule has 226 valence electrons. The van der Waals surface area contributed by atoms with Crippen molar-refractivity contribution in [2.45, 2.75) is 63.7 Å². The molecule has 2 amide bonds. The Kier molecular flexibility index (Phi) is 8.25. The molecule has 2 unspecified atom stereocenters. The van der Waals surface area contributed by atoms with Crippen molar-refractivity contribution in [3.63, 3.8) is 0 Å². The number of likely N-dealkylation sites (N-methyl/N-ethyl adjacent to an activating group) is 1. The number of piperidine rings is 1. The highest BCUT2D eigenvalue weighted by Gasteiger charge is 2.42. The number of aromatic hydroxyl groups is 1. The summed E-state index contributed by atoms with van der Waals surface area (Å²) < 4.78 is 0. The second-order valence-corrected chi connectivity index (χ2v) is 12.4. The molecule has 0 saturated carbocycles. The van der Waals surface area contributed by atoms with Crippen LogP contribution in [0.3, 0.4) is 0 Å². The molecule has 0 aliphatic carbocycles. The summed E-state index contributed by atoms with van der Waals surface area (Å²) in [6.45, 7) is 7.97. The van der Waals surface area contributed by atoms with E-state index in [1.807, 2.05) is 19.1 Å². The fourth-order valence-electron chi connectivity index (χ4n) is 6.88. The second-order valence-electron chi connectivity index (χ2n) is 12.4. The Morgan fingerprint density at radius 1 is 0.930 bits per heavy atom. The van der Waals surface area contributed by atoms with Crippen molar-refractivity contribution < 1.29 is 14.7 Å². The number of aromatic nitrogens is 1. The van der Waals surface area contributed by atoms with Gasteiger partial charge in [-0.3, -0.25) is 9.59 Å². The number of benzene rings is 2. The molecule has 3 aliphatic rings. The van der Waals surface area contributed by atoms with E-state index in [0.29, 0.717) is 16.7 Å². The number of carbonyl (C=O) groups excluding carboxylic acids is 2. The van der Waals surface area contributed by atoms with E-state index in [1.54, 1.807) is 31.3 Å². The van der Waals surface area contributed by atoms with Gasteiger partial charge in [0.05, 0.1) is 11.6 Å². The lowest BCUT2D eigenvalue weighted by Crippen LogP contribution is -2.50. The number of pyridine rings is 1. The number of rotatable bonds is 7. The first-order chi connectivity index (χ1) is 20.8. The van der Waals surface area contributed by atoms with Crippen molar-refractivity contribution in [2.24, 2.45) is 0 Å². The largest absolute Gasteiger partial charge is 0.508 e. The highest BCUT2D eigenvalue weighted by Crippen LogP contribution is 2.38. The van der Waals surface area contributed by atoms with Crippen LogP contribution in [-0.2, 0) is 0 Å². The number of phenolic OH excluding ortho intramolecular Hbond substituents is 1. The average Bonchev–Trinajstić information content (AvgIpc) is 3.28. The number of amides is 2. The van der Waals surface area contributed by atoms with E-state index < -0.39 is 0 Å². The van der Waals surface area contributed by atoms with Crippen molar-refractivity contribution in [3.05, 3.63) is 83.0 Å². The second kappa shape index (κ2) is 12.2. The van der Waals surface area contributed by atoms with Crippen LogP contribution in [0, 0.1) is 6.92 Å². The summed E-state index contributed by atoms with van der Waals surface area (Å²) >= 11 is 0. The fourth-order valence-corrected chi connectivity index (χ4v) is 6.88. The monoisotopic (exact) mass is 582 g/mol. The molecule has 43 heavy (non-hydrogen) atoms. The van der Waals surface area contributed by atoms with E-state index in [4.69, 9.17) is 4.98 Å². The predicted molar refractivity (Wildman–Crippen MR) is 169 cm³/mol. The molecule has 3 aliphatic heterocycles. The number of hydrogen-bond acceptors (Lipinski definition) is 7. The molecule has 2 aromatic carbocycles. The lowest BCUT2D eigenvalue weighted by molar-refractivity contribution is 0.0922. The number of piperazine rings is 1. The van der Waals surface area contributed by atoms with Crippen LogP contribution in [0.15, 0.2) is 60.8 Å². The third-order valence-electron chi connectivity index (χ3n) is 9.50. The van der Waals surface area contributed by atoms with Crippen molar-refractivity contribution in [2.75, 3.05) is 43.0 Å². The Morgan fingerprint density at radius 3 is 2.28 bits per heavy atom. The van der Waals surface area contributed by atoms with Gasteiger partial charge in [-0.1, -0.05) is 18.2 Å². The maximum absolute atomic E-state index is 13.1. The summed E-state index contributed by atoms with van der Waals surface area (Å²) in [6, 6.07) is 17.9. The van der Waals surface area contributed by atoms with Crippen LogP contribution < -0.4 is 20.4 Å². The Labute approximate surface area is 253 Å². The number of nitrogens with zero attached hydrogens (tertiary/aromatic N) is 4. The minimum absolute atomic E-state index is 0.0742. The molecule has 3 N–H and O–H groups in total. The molecule has 2 bridgehead atoms. The van der Waals surface area contributed by atoms with Gasteiger partial charge in [0.2, 0.25) is 0 Å². The highest BCUT2D eigenvalue weighted by molar-refractivity contribution is 5.96. The molecule has 4 heterocycles. The normalized spacial score (nSPS) is 22.7. The van der Waals surface area contributed by atoms with Gasteiger partial charge >= 0.3 is 0 Å². The van der Waals surface area contributed by atoms with Gasteiger partial charge in [-0.05, 0) is 88.5 Å². The SMILES string of the molecule is Cc1c(O)cccc1C(=O)NC1CC2CCC(C1)N2c1ccc(C(=O)N[C@@H](C)c2ccc(N3CCN(C)CC3)cc2)cn1. The van der Waals surface area contributed by atoms with E-state index in [1.165, 1.54) is 5.69 Å². The lowest BCUT2D eigenvalue weighted by atomic mass is 9.96. The van der Waals surface area contributed by atoms with Crippen LogP contribution in [0.2, 0.25) is 0 Å². The molecule has 0 radical (unpaired) electrons. The third kappa shape index (κ3) is 6.18. The molecule has 9 heteroatoms. The number of fused-ring (bicyclic) bond motifs is 2. The Bertz CT molecular complexity index is 1440. The lowest BCUT2D eigenvalue weighted by Gasteiger charge is -2.40. The summed E-state index contributed by atoms with van der Waals surface area (Å²) in [7, 11) is 2.16. The van der Waals surface area contributed by atoms with Gasteiger partial charge in [0.25, 0.3) is 11.8 Å². The Morgan fingerprint density at radius 2 is 1.63 bits per heavy atom. The first-order valence-corrected chi connectivity index (χ1v) is 15.4. The van der Waals surface area contributed by atoms with Crippen molar-refractivity contribution in [3.8, 4) is 5.75 Å². The molecular weight excluding hydrogens is 540 g/mol. The van der Waals surface area contributed by atoms with E-state index in [-0.39, 0.29) is 41.7 Å². The number of hydrogen-bond donors (Lipinski definition) is 3. The first-order valence-electron chi connectivity index (χ1n) is 15.4. The quantitative estimate of drug-likeness (QED) is 0.383. The molecule has 0 spiro atoms. The Balaban J connectivity index is 1.04. The van der Waals surface area contributed by atoms with Crippen LogP contribution >= 0.6 is 0 Å². The van der Waals surface area contributed by atoms with Gasteiger partial charge in [-0.25, -0.2) is 4.98 Å². The molecule has 3 saturated heterocycles. The molecule has 9 nitrogen and oxygen atoms in total. The van der Waals surface area contributed by atoms with Crippen LogP contribution in [-0.4, -0.2) is 78.2 Å². The van der Waals surface area contributed by atoms with Gasteiger partial charge in [-0.2, -0.15) is 0 Å². The van der Waals surface area contributed by atoms with Gasteiger partial charge in [0.15, 0.2) is 0 Å². The van der Waals surface area contributed by atoms with E-state index in [9.17, 15) is 14.7 Å². The summed E-state index contributed by atoms with van der Waals surface area (Å²) in [4.78, 5) is 37.8. The fraction of sp³-hybridized carbons (Fsp3) is 0.441. The molecule has 1 aromatic heterocycles. The molecule has 6 rings (SSSR count). The minimum Gasteiger partial charge on any atom is -0.508 e. The van der Waals surface area contributed by atoms with Gasteiger partial charge in [0, 0.05) is 67.3 Å². The first kappa shape index (κ1) is 29.0. The van der Waals surface area contributed by atoms with Crippen molar-refractivity contribution in [1.29, 1.82) is 0 Å². The van der Waals surface area contributed by atoms with E-state index in [2.05, 4.69) is 56.6 Å². The summed E-state index contributed by atoms with van der Waals surface area (Å²) in [5, 5.41) is 16.3.